The number of hydrazine groups is 1. The van der Waals surface area contributed by atoms with Crippen molar-refractivity contribution in [2.24, 2.45) is 5.84 Å². The van der Waals surface area contributed by atoms with Crippen molar-refractivity contribution in [3.05, 3.63) is 59.2 Å². The first-order chi connectivity index (χ1) is 9.71. The standard InChI is InChI=1S/C16H20N2O2/c1-11-7-9-12(10-8-11)15(18-17)13-5-4-6-14(19-2)16(13)20-3/h4-10,15,18H,17H2,1-3H3. The Balaban J connectivity index is 2.49. The Bertz CT molecular complexity index is 567. The molecule has 0 fully saturated rings. The van der Waals surface area contributed by atoms with E-state index in [4.69, 9.17) is 15.3 Å². The molecular weight excluding hydrogens is 252 g/mol. The summed E-state index contributed by atoms with van der Waals surface area (Å²) < 4.78 is 10.8. The molecule has 4 nitrogen and oxygen atoms in total. The zero-order valence-electron chi connectivity index (χ0n) is 12.0. The third-order valence-corrected chi connectivity index (χ3v) is 3.32. The van der Waals surface area contributed by atoms with Crippen molar-refractivity contribution in [1.29, 1.82) is 0 Å². The molecule has 2 aromatic rings. The van der Waals surface area contributed by atoms with Crippen LogP contribution in [0.5, 0.6) is 11.5 Å². The van der Waals surface area contributed by atoms with Crippen molar-refractivity contribution in [2.45, 2.75) is 13.0 Å². The zero-order valence-corrected chi connectivity index (χ0v) is 12.0. The van der Waals surface area contributed by atoms with Gasteiger partial charge in [0.2, 0.25) is 0 Å². The number of rotatable bonds is 5. The predicted molar refractivity (Wildman–Crippen MR) is 79.9 cm³/mol. The summed E-state index contributed by atoms with van der Waals surface area (Å²) in [5, 5.41) is 0. The first kappa shape index (κ1) is 14.4. The van der Waals surface area contributed by atoms with Crippen LogP contribution in [0.3, 0.4) is 0 Å². The Labute approximate surface area is 119 Å². The molecule has 0 saturated heterocycles. The van der Waals surface area contributed by atoms with Crippen molar-refractivity contribution in [2.75, 3.05) is 14.2 Å². The number of nitrogens with two attached hydrogens (primary N) is 1. The van der Waals surface area contributed by atoms with Crippen LogP contribution in [0.15, 0.2) is 42.5 Å². The number of nitrogens with one attached hydrogen (secondary N) is 1. The Morgan fingerprint density at radius 3 is 2.25 bits per heavy atom. The van der Waals surface area contributed by atoms with Gasteiger partial charge in [0.15, 0.2) is 11.5 Å². The van der Waals surface area contributed by atoms with Crippen molar-refractivity contribution in [3.8, 4) is 11.5 Å². The number of benzene rings is 2. The second kappa shape index (κ2) is 6.41. The summed E-state index contributed by atoms with van der Waals surface area (Å²) >= 11 is 0. The molecule has 0 aromatic heterocycles. The molecule has 0 spiro atoms. The highest BCUT2D eigenvalue weighted by Crippen LogP contribution is 2.36. The van der Waals surface area contributed by atoms with Crippen molar-refractivity contribution in [3.63, 3.8) is 0 Å². The van der Waals surface area contributed by atoms with E-state index < -0.39 is 0 Å². The third-order valence-electron chi connectivity index (χ3n) is 3.32. The van der Waals surface area contributed by atoms with Gasteiger partial charge in [-0.2, -0.15) is 0 Å². The summed E-state index contributed by atoms with van der Waals surface area (Å²) in [7, 11) is 3.25. The SMILES string of the molecule is COc1cccc(C(NN)c2ccc(C)cc2)c1OC. The van der Waals surface area contributed by atoms with E-state index in [-0.39, 0.29) is 6.04 Å². The second-order valence-electron chi connectivity index (χ2n) is 4.59. The molecule has 1 atom stereocenters. The Morgan fingerprint density at radius 2 is 1.70 bits per heavy atom. The summed E-state index contributed by atoms with van der Waals surface area (Å²) in [6.07, 6.45) is 0. The lowest BCUT2D eigenvalue weighted by Gasteiger charge is -2.21. The number of para-hydroxylation sites is 1. The molecule has 0 saturated carbocycles. The molecule has 106 valence electrons. The van der Waals surface area contributed by atoms with E-state index in [1.54, 1.807) is 14.2 Å². The fourth-order valence-corrected chi connectivity index (χ4v) is 2.26. The molecule has 4 heteroatoms. The van der Waals surface area contributed by atoms with E-state index in [2.05, 4.69) is 36.6 Å². The minimum Gasteiger partial charge on any atom is -0.493 e. The van der Waals surface area contributed by atoms with Crippen LogP contribution in [-0.4, -0.2) is 14.2 Å². The van der Waals surface area contributed by atoms with Gasteiger partial charge in [-0.1, -0.05) is 42.0 Å². The van der Waals surface area contributed by atoms with E-state index in [1.807, 2.05) is 18.2 Å². The van der Waals surface area contributed by atoms with E-state index in [0.717, 1.165) is 11.1 Å². The molecule has 0 heterocycles. The van der Waals surface area contributed by atoms with Crippen LogP contribution in [0.1, 0.15) is 22.7 Å². The second-order valence-corrected chi connectivity index (χ2v) is 4.59. The van der Waals surface area contributed by atoms with Gasteiger partial charge >= 0.3 is 0 Å². The van der Waals surface area contributed by atoms with Gasteiger partial charge in [-0.15, -0.1) is 0 Å². The van der Waals surface area contributed by atoms with Crippen LogP contribution in [-0.2, 0) is 0 Å². The van der Waals surface area contributed by atoms with E-state index in [1.165, 1.54) is 5.56 Å². The molecular formula is C16H20N2O2. The monoisotopic (exact) mass is 272 g/mol. The maximum atomic E-state index is 5.74. The largest absolute Gasteiger partial charge is 0.493 e. The molecule has 20 heavy (non-hydrogen) atoms. The summed E-state index contributed by atoms with van der Waals surface area (Å²) in [4.78, 5) is 0. The minimum atomic E-state index is -0.152. The molecule has 1 unspecified atom stereocenters. The number of methoxy groups -OCH3 is 2. The smallest absolute Gasteiger partial charge is 0.165 e. The molecule has 3 N–H and O–H groups in total. The Hall–Kier alpha value is -2.04. The predicted octanol–water partition coefficient (Wildman–Crippen LogP) is 2.56. The summed E-state index contributed by atoms with van der Waals surface area (Å²) in [6.45, 7) is 2.06. The van der Waals surface area contributed by atoms with Gasteiger partial charge in [0.05, 0.1) is 20.3 Å². The lowest BCUT2D eigenvalue weighted by Crippen LogP contribution is -2.29. The van der Waals surface area contributed by atoms with E-state index >= 15 is 0 Å². The first-order valence-electron chi connectivity index (χ1n) is 6.44. The molecule has 0 aliphatic carbocycles. The van der Waals surface area contributed by atoms with Crippen LogP contribution in [0, 0.1) is 6.92 Å². The Kier molecular flexibility index (Phi) is 4.61. The van der Waals surface area contributed by atoms with Gasteiger partial charge < -0.3 is 9.47 Å². The van der Waals surface area contributed by atoms with Gasteiger partial charge in [-0.05, 0) is 18.6 Å². The van der Waals surface area contributed by atoms with Crippen LogP contribution in [0.2, 0.25) is 0 Å². The lowest BCUT2D eigenvalue weighted by atomic mass is 9.97. The first-order valence-corrected chi connectivity index (χ1v) is 6.44. The quantitative estimate of drug-likeness (QED) is 0.649. The maximum Gasteiger partial charge on any atom is 0.165 e. The average molecular weight is 272 g/mol. The fraction of sp³-hybridized carbons (Fsp3) is 0.250. The lowest BCUT2D eigenvalue weighted by molar-refractivity contribution is 0.349. The van der Waals surface area contributed by atoms with Gasteiger partial charge in [0.1, 0.15) is 0 Å². The van der Waals surface area contributed by atoms with Gasteiger partial charge in [-0.3, -0.25) is 5.84 Å². The average Bonchev–Trinajstić information content (AvgIpc) is 2.49. The van der Waals surface area contributed by atoms with Crippen LogP contribution < -0.4 is 20.7 Å². The van der Waals surface area contributed by atoms with E-state index in [0.29, 0.717) is 11.5 Å². The van der Waals surface area contributed by atoms with Crippen LogP contribution in [0.4, 0.5) is 0 Å². The third kappa shape index (κ3) is 2.76. The number of ether oxygens (including phenoxy) is 2. The molecule has 0 aliphatic rings. The zero-order chi connectivity index (χ0) is 14.5. The number of aryl methyl sites for hydroxylation is 1. The molecule has 2 aromatic carbocycles. The highest BCUT2D eigenvalue weighted by atomic mass is 16.5. The van der Waals surface area contributed by atoms with Gasteiger partial charge in [0, 0.05) is 5.56 Å². The molecule has 0 radical (unpaired) electrons. The molecule has 0 amide bonds. The molecule has 0 bridgehead atoms. The minimum absolute atomic E-state index is 0.152. The van der Waals surface area contributed by atoms with Crippen LogP contribution in [0.25, 0.3) is 0 Å². The summed E-state index contributed by atoms with van der Waals surface area (Å²) in [6, 6.07) is 13.9. The number of hydrogen-bond acceptors (Lipinski definition) is 4. The highest BCUT2D eigenvalue weighted by molar-refractivity contribution is 5.50. The van der Waals surface area contributed by atoms with Crippen LogP contribution >= 0.6 is 0 Å². The van der Waals surface area contributed by atoms with Crippen molar-refractivity contribution < 1.29 is 9.47 Å². The van der Waals surface area contributed by atoms with Gasteiger partial charge in [0.25, 0.3) is 0 Å². The van der Waals surface area contributed by atoms with Crippen molar-refractivity contribution >= 4 is 0 Å². The van der Waals surface area contributed by atoms with Crippen molar-refractivity contribution in [1.82, 2.24) is 5.43 Å². The Morgan fingerprint density at radius 1 is 1.00 bits per heavy atom. The maximum absolute atomic E-state index is 5.74. The summed E-state index contributed by atoms with van der Waals surface area (Å²) in [5.41, 5.74) is 6.07. The summed E-state index contributed by atoms with van der Waals surface area (Å²) in [5.74, 6) is 7.13. The molecule has 2 rings (SSSR count). The van der Waals surface area contributed by atoms with Gasteiger partial charge in [-0.25, -0.2) is 5.43 Å². The normalized spacial score (nSPS) is 12.0. The van der Waals surface area contributed by atoms with E-state index in [9.17, 15) is 0 Å². The topological polar surface area (TPSA) is 56.5 Å². The molecule has 0 aliphatic heterocycles. The number of hydrogen-bond donors (Lipinski definition) is 2. The fourth-order valence-electron chi connectivity index (χ4n) is 2.26. The highest BCUT2D eigenvalue weighted by Gasteiger charge is 2.19.